The Hall–Kier alpha value is -2.48. The Morgan fingerprint density at radius 1 is 0.952 bits per heavy atom. The van der Waals surface area contributed by atoms with E-state index in [1.165, 1.54) is 5.56 Å². The Labute approximate surface area is 124 Å². The normalized spacial score (nSPS) is 10.8. The zero-order chi connectivity index (χ0) is 14.8. The van der Waals surface area contributed by atoms with Gasteiger partial charge < -0.3 is 9.84 Å². The summed E-state index contributed by atoms with van der Waals surface area (Å²) in [6.07, 6.45) is 0. The highest BCUT2D eigenvalue weighted by molar-refractivity contribution is 5.89. The molecule has 0 amide bonds. The maximum absolute atomic E-state index is 10.4. The van der Waals surface area contributed by atoms with Crippen LogP contribution in [0.5, 0.6) is 11.5 Å². The van der Waals surface area contributed by atoms with Gasteiger partial charge in [-0.1, -0.05) is 54.1 Å². The monoisotopic (exact) mass is 278 g/mol. The Balaban J connectivity index is 1.87. The van der Waals surface area contributed by atoms with Crippen molar-refractivity contribution in [2.45, 2.75) is 20.5 Å². The van der Waals surface area contributed by atoms with Crippen molar-refractivity contribution in [1.82, 2.24) is 0 Å². The number of hydrogen-bond acceptors (Lipinski definition) is 2. The van der Waals surface area contributed by atoms with Gasteiger partial charge >= 0.3 is 0 Å². The molecule has 0 fully saturated rings. The van der Waals surface area contributed by atoms with Crippen molar-refractivity contribution in [3.63, 3.8) is 0 Å². The van der Waals surface area contributed by atoms with Crippen molar-refractivity contribution in [3.05, 3.63) is 71.3 Å². The largest absolute Gasteiger partial charge is 0.507 e. The van der Waals surface area contributed by atoms with E-state index in [0.29, 0.717) is 12.4 Å². The zero-order valence-electron chi connectivity index (χ0n) is 12.3. The van der Waals surface area contributed by atoms with Crippen LogP contribution >= 0.6 is 0 Å². The minimum atomic E-state index is 0.304. The number of phenols is 1. The predicted molar refractivity (Wildman–Crippen MR) is 85.9 cm³/mol. The molecule has 0 atom stereocenters. The number of aryl methyl sites for hydroxylation is 2. The van der Waals surface area contributed by atoms with Crippen LogP contribution in [0.4, 0.5) is 0 Å². The molecule has 3 aromatic rings. The van der Waals surface area contributed by atoms with E-state index in [9.17, 15) is 5.11 Å². The van der Waals surface area contributed by atoms with Crippen molar-refractivity contribution < 1.29 is 9.84 Å². The highest BCUT2D eigenvalue weighted by atomic mass is 16.5. The number of phenolic OH excluding ortho intramolecular Hbond substituents is 1. The van der Waals surface area contributed by atoms with Gasteiger partial charge in [-0.05, 0) is 30.9 Å². The molecule has 1 N–H and O–H groups in total. The smallest absolute Gasteiger partial charge is 0.130 e. The Morgan fingerprint density at radius 3 is 2.57 bits per heavy atom. The van der Waals surface area contributed by atoms with E-state index in [0.717, 1.165) is 27.6 Å². The summed E-state index contributed by atoms with van der Waals surface area (Å²) in [6, 6.07) is 17.8. The predicted octanol–water partition coefficient (Wildman–Crippen LogP) is 4.74. The lowest BCUT2D eigenvalue weighted by Gasteiger charge is -2.12. The highest BCUT2D eigenvalue weighted by Crippen LogP contribution is 2.30. The van der Waals surface area contributed by atoms with Crippen LogP contribution in [0.3, 0.4) is 0 Å². The second kappa shape index (κ2) is 5.49. The van der Waals surface area contributed by atoms with Gasteiger partial charge in [0.05, 0.1) is 0 Å². The van der Waals surface area contributed by atoms with Crippen LogP contribution in [0.1, 0.15) is 16.7 Å². The van der Waals surface area contributed by atoms with Gasteiger partial charge in [-0.15, -0.1) is 0 Å². The number of aromatic hydroxyl groups is 1. The molecule has 0 aliphatic heterocycles. The maximum atomic E-state index is 10.4. The third-order valence-corrected chi connectivity index (χ3v) is 3.70. The first-order chi connectivity index (χ1) is 10.1. The van der Waals surface area contributed by atoms with Crippen LogP contribution in [-0.2, 0) is 6.61 Å². The number of benzene rings is 3. The highest BCUT2D eigenvalue weighted by Gasteiger charge is 2.07. The average Bonchev–Trinajstić information content (AvgIpc) is 2.48. The van der Waals surface area contributed by atoms with Crippen molar-refractivity contribution in [3.8, 4) is 11.5 Å². The summed E-state index contributed by atoms with van der Waals surface area (Å²) >= 11 is 0. The number of fused-ring (bicyclic) bond motifs is 1. The SMILES string of the molecule is Cc1ccc(OCc2ccc3ccccc3c2O)c(C)c1. The third-order valence-electron chi connectivity index (χ3n) is 3.70. The summed E-state index contributed by atoms with van der Waals surface area (Å²) in [5.74, 6) is 1.16. The second-order valence-electron chi connectivity index (χ2n) is 5.35. The van der Waals surface area contributed by atoms with Crippen LogP contribution in [0.25, 0.3) is 10.8 Å². The van der Waals surface area contributed by atoms with Crippen LogP contribution in [0.15, 0.2) is 54.6 Å². The molecule has 0 aliphatic rings. The molecule has 0 bridgehead atoms. The molecule has 0 saturated carbocycles. The van der Waals surface area contributed by atoms with Gasteiger partial charge in [0.15, 0.2) is 0 Å². The second-order valence-corrected chi connectivity index (χ2v) is 5.35. The van der Waals surface area contributed by atoms with Gasteiger partial charge in [0, 0.05) is 10.9 Å². The fourth-order valence-corrected chi connectivity index (χ4v) is 2.53. The van der Waals surface area contributed by atoms with Gasteiger partial charge in [-0.2, -0.15) is 0 Å². The van der Waals surface area contributed by atoms with E-state index >= 15 is 0 Å². The molecule has 0 aliphatic carbocycles. The van der Waals surface area contributed by atoms with Crippen molar-refractivity contribution in [2.75, 3.05) is 0 Å². The Kier molecular flexibility index (Phi) is 3.53. The molecular weight excluding hydrogens is 260 g/mol. The quantitative estimate of drug-likeness (QED) is 0.749. The minimum Gasteiger partial charge on any atom is -0.507 e. The molecular formula is C19H18O2. The van der Waals surface area contributed by atoms with E-state index in [2.05, 4.69) is 13.0 Å². The van der Waals surface area contributed by atoms with Gasteiger partial charge in [0.25, 0.3) is 0 Å². The average molecular weight is 278 g/mol. The lowest BCUT2D eigenvalue weighted by atomic mass is 10.1. The molecule has 0 unspecified atom stereocenters. The molecule has 0 radical (unpaired) electrons. The minimum absolute atomic E-state index is 0.304. The first-order valence-corrected chi connectivity index (χ1v) is 7.05. The number of hydrogen-bond donors (Lipinski definition) is 1. The molecule has 0 spiro atoms. The summed E-state index contributed by atoms with van der Waals surface area (Å²) in [4.78, 5) is 0. The lowest BCUT2D eigenvalue weighted by molar-refractivity contribution is 0.297. The molecule has 0 saturated heterocycles. The Morgan fingerprint density at radius 2 is 1.76 bits per heavy atom. The molecule has 0 heterocycles. The summed E-state index contributed by atoms with van der Waals surface area (Å²) in [6.45, 7) is 4.45. The molecule has 0 aromatic heterocycles. The summed E-state index contributed by atoms with van der Waals surface area (Å²) in [5.41, 5.74) is 3.12. The molecule has 106 valence electrons. The molecule has 2 heteroatoms. The molecule has 21 heavy (non-hydrogen) atoms. The van der Waals surface area contributed by atoms with Gasteiger partial charge in [-0.3, -0.25) is 0 Å². The Bertz CT molecular complexity index is 791. The summed E-state index contributed by atoms with van der Waals surface area (Å²) < 4.78 is 5.85. The van der Waals surface area contributed by atoms with Crippen LogP contribution < -0.4 is 4.74 Å². The molecule has 2 nitrogen and oxygen atoms in total. The summed E-state index contributed by atoms with van der Waals surface area (Å²) in [7, 11) is 0. The van der Waals surface area contributed by atoms with Crippen LogP contribution in [0, 0.1) is 13.8 Å². The van der Waals surface area contributed by atoms with Crippen LogP contribution in [0.2, 0.25) is 0 Å². The lowest BCUT2D eigenvalue weighted by Crippen LogP contribution is -1.98. The van der Waals surface area contributed by atoms with E-state index in [1.54, 1.807) is 0 Å². The fourth-order valence-electron chi connectivity index (χ4n) is 2.53. The molecule has 3 rings (SSSR count). The van der Waals surface area contributed by atoms with Gasteiger partial charge in [0.2, 0.25) is 0 Å². The maximum Gasteiger partial charge on any atom is 0.130 e. The van der Waals surface area contributed by atoms with Gasteiger partial charge in [-0.25, -0.2) is 0 Å². The van der Waals surface area contributed by atoms with Crippen molar-refractivity contribution in [1.29, 1.82) is 0 Å². The first kappa shape index (κ1) is 13.5. The van der Waals surface area contributed by atoms with E-state index in [-0.39, 0.29) is 0 Å². The van der Waals surface area contributed by atoms with Crippen LogP contribution in [-0.4, -0.2) is 5.11 Å². The van der Waals surface area contributed by atoms with Crippen molar-refractivity contribution >= 4 is 10.8 Å². The standard InChI is InChI=1S/C19H18O2/c1-13-7-10-18(14(2)11-13)21-12-16-9-8-15-5-3-4-6-17(15)19(16)20/h3-11,20H,12H2,1-2H3. The summed E-state index contributed by atoms with van der Waals surface area (Å²) in [5, 5.41) is 12.3. The zero-order valence-corrected chi connectivity index (χ0v) is 12.3. The number of rotatable bonds is 3. The van der Waals surface area contributed by atoms with E-state index in [4.69, 9.17) is 4.74 Å². The number of ether oxygens (including phenoxy) is 1. The van der Waals surface area contributed by atoms with Gasteiger partial charge in [0.1, 0.15) is 18.1 Å². The van der Waals surface area contributed by atoms with E-state index < -0.39 is 0 Å². The van der Waals surface area contributed by atoms with Crippen molar-refractivity contribution in [2.24, 2.45) is 0 Å². The fraction of sp³-hybridized carbons (Fsp3) is 0.158. The topological polar surface area (TPSA) is 29.5 Å². The molecule has 3 aromatic carbocycles. The third kappa shape index (κ3) is 2.70. The van der Waals surface area contributed by atoms with E-state index in [1.807, 2.05) is 55.5 Å². The first-order valence-electron chi connectivity index (χ1n) is 7.05.